The van der Waals surface area contributed by atoms with E-state index in [2.05, 4.69) is 5.32 Å². The molecule has 0 spiro atoms. The molecule has 0 aromatic heterocycles. The predicted octanol–water partition coefficient (Wildman–Crippen LogP) is 1.14. The van der Waals surface area contributed by atoms with E-state index in [1.54, 1.807) is 24.3 Å². The van der Waals surface area contributed by atoms with Crippen molar-refractivity contribution in [3.05, 3.63) is 30.3 Å². The van der Waals surface area contributed by atoms with Crippen LogP contribution in [0, 0.1) is 11.3 Å². The molecule has 2 N–H and O–H groups in total. The van der Waals surface area contributed by atoms with Gasteiger partial charge in [0.05, 0.1) is 12.0 Å². The normalized spacial score (nSPS) is 19.7. The monoisotopic (exact) mass is 348 g/mol. The number of nitrogens with one attached hydrogen (secondary N) is 1. The zero-order valence-electron chi connectivity index (χ0n) is 14.5. The number of benzene rings is 1. The minimum Gasteiger partial charge on any atom is -0.484 e. The molecule has 2 amide bonds. The molecule has 7 nitrogen and oxygen atoms in total. The highest BCUT2D eigenvalue weighted by Gasteiger charge is 2.48. The van der Waals surface area contributed by atoms with Crippen LogP contribution in [0.2, 0.25) is 0 Å². The first kappa shape index (κ1) is 18.8. The van der Waals surface area contributed by atoms with E-state index in [-0.39, 0.29) is 31.5 Å². The standard InChI is InChI=1S/C18H24N2O5/c1-13(2)18(17(23)24)8-9-20(12-18)16(22)10-19-15(21)11-25-14-6-4-3-5-7-14/h3-7,13H,8-12H2,1-2H3,(H,19,21)(H,23,24). The SMILES string of the molecule is CC(C)C1(C(=O)O)CCN(C(=O)CNC(=O)COc2ccccc2)C1. The minimum atomic E-state index is -0.907. The Morgan fingerprint density at radius 2 is 1.96 bits per heavy atom. The third-order valence-electron chi connectivity index (χ3n) is 4.73. The van der Waals surface area contributed by atoms with Gasteiger partial charge in [-0.1, -0.05) is 32.0 Å². The van der Waals surface area contributed by atoms with Gasteiger partial charge >= 0.3 is 5.97 Å². The number of carbonyl (C=O) groups is 3. The highest BCUT2D eigenvalue weighted by molar-refractivity contribution is 5.86. The van der Waals surface area contributed by atoms with Crippen molar-refractivity contribution in [3.63, 3.8) is 0 Å². The van der Waals surface area contributed by atoms with Crippen molar-refractivity contribution in [2.45, 2.75) is 20.3 Å². The van der Waals surface area contributed by atoms with Crippen LogP contribution in [0.5, 0.6) is 5.75 Å². The maximum atomic E-state index is 12.2. The second-order valence-corrected chi connectivity index (χ2v) is 6.56. The van der Waals surface area contributed by atoms with Gasteiger partial charge in [0.15, 0.2) is 6.61 Å². The Hall–Kier alpha value is -2.57. The Balaban J connectivity index is 1.79. The lowest BCUT2D eigenvalue weighted by Gasteiger charge is -2.28. The molecule has 1 unspecified atom stereocenters. The van der Waals surface area contributed by atoms with E-state index in [0.29, 0.717) is 18.7 Å². The molecule has 1 atom stereocenters. The topological polar surface area (TPSA) is 95.9 Å². The van der Waals surface area contributed by atoms with Gasteiger partial charge in [-0.15, -0.1) is 0 Å². The molecule has 0 bridgehead atoms. The lowest BCUT2D eigenvalue weighted by atomic mass is 9.76. The molecule has 1 aromatic rings. The number of ether oxygens (including phenoxy) is 1. The summed E-state index contributed by atoms with van der Waals surface area (Å²) in [6.45, 7) is 3.93. The van der Waals surface area contributed by atoms with Crippen molar-refractivity contribution in [1.29, 1.82) is 0 Å². The van der Waals surface area contributed by atoms with Crippen LogP contribution in [0.1, 0.15) is 20.3 Å². The highest BCUT2D eigenvalue weighted by Crippen LogP contribution is 2.38. The van der Waals surface area contributed by atoms with Crippen molar-refractivity contribution in [1.82, 2.24) is 10.2 Å². The van der Waals surface area contributed by atoms with E-state index in [0.717, 1.165) is 0 Å². The third kappa shape index (κ3) is 4.49. The molecule has 7 heteroatoms. The van der Waals surface area contributed by atoms with Gasteiger partial charge in [0.1, 0.15) is 5.75 Å². The Bertz CT molecular complexity index is 632. The van der Waals surface area contributed by atoms with Crippen LogP contribution in [0.25, 0.3) is 0 Å². The molecule has 25 heavy (non-hydrogen) atoms. The number of rotatable bonds is 7. The Labute approximate surface area is 147 Å². The number of carbonyl (C=O) groups excluding carboxylic acids is 2. The second-order valence-electron chi connectivity index (χ2n) is 6.56. The summed E-state index contributed by atoms with van der Waals surface area (Å²) in [5, 5.41) is 12.0. The first-order chi connectivity index (χ1) is 11.8. The molecular weight excluding hydrogens is 324 g/mol. The first-order valence-electron chi connectivity index (χ1n) is 8.31. The summed E-state index contributed by atoms with van der Waals surface area (Å²) < 4.78 is 5.31. The van der Waals surface area contributed by atoms with Crippen molar-refractivity contribution < 1.29 is 24.2 Å². The molecule has 1 heterocycles. The number of likely N-dealkylation sites (tertiary alicyclic amines) is 1. The Morgan fingerprint density at radius 3 is 2.52 bits per heavy atom. The molecule has 0 radical (unpaired) electrons. The van der Waals surface area contributed by atoms with Gasteiger partial charge in [-0.3, -0.25) is 14.4 Å². The second kappa shape index (κ2) is 8.00. The summed E-state index contributed by atoms with van der Waals surface area (Å²) in [5.41, 5.74) is -0.907. The quantitative estimate of drug-likeness (QED) is 0.770. The van der Waals surface area contributed by atoms with Gasteiger partial charge in [0.25, 0.3) is 5.91 Å². The Kier molecular flexibility index (Phi) is 6.01. The van der Waals surface area contributed by atoms with Gasteiger partial charge in [-0.2, -0.15) is 0 Å². The summed E-state index contributed by atoms with van der Waals surface area (Å²) in [7, 11) is 0. The fourth-order valence-electron chi connectivity index (χ4n) is 2.94. The molecular formula is C18H24N2O5. The number of hydrogen-bond acceptors (Lipinski definition) is 4. The van der Waals surface area contributed by atoms with Crippen LogP contribution in [0.15, 0.2) is 30.3 Å². The number of carboxylic acid groups (broad SMARTS) is 1. The highest BCUT2D eigenvalue weighted by atomic mass is 16.5. The van der Waals surface area contributed by atoms with Crippen molar-refractivity contribution in [3.8, 4) is 5.75 Å². The van der Waals surface area contributed by atoms with Crippen LogP contribution in [0.3, 0.4) is 0 Å². The van der Waals surface area contributed by atoms with E-state index in [4.69, 9.17) is 4.74 Å². The number of aliphatic carboxylic acids is 1. The van der Waals surface area contributed by atoms with E-state index >= 15 is 0 Å². The first-order valence-corrected chi connectivity index (χ1v) is 8.31. The van der Waals surface area contributed by atoms with Crippen molar-refractivity contribution in [2.75, 3.05) is 26.2 Å². The van der Waals surface area contributed by atoms with Crippen LogP contribution in [-0.2, 0) is 14.4 Å². The fraction of sp³-hybridized carbons (Fsp3) is 0.500. The van der Waals surface area contributed by atoms with Crippen molar-refractivity contribution in [2.24, 2.45) is 11.3 Å². The number of carboxylic acids is 1. The van der Waals surface area contributed by atoms with E-state index in [1.165, 1.54) is 4.90 Å². The smallest absolute Gasteiger partial charge is 0.311 e. The molecule has 0 aliphatic carbocycles. The van der Waals surface area contributed by atoms with E-state index < -0.39 is 17.3 Å². The third-order valence-corrected chi connectivity index (χ3v) is 4.73. The lowest BCUT2D eigenvalue weighted by Crippen LogP contribution is -2.44. The molecule has 2 rings (SSSR count). The zero-order valence-corrected chi connectivity index (χ0v) is 14.5. The van der Waals surface area contributed by atoms with Gasteiger partial charge in [0.2, 0.25) is 5.91 Å². The summed E-state index contributed by atoms with van der Waals surface area (Å²) >= 11 is 0. The maximum Gasteiger partial charge on any atom is 0.311 e. The lowest BCUT2D eigenvalue weighted by molar-refractivity contribution is -0.151. The summed E-state index contributed by atoms with van der Waals surface area (Å²) in [4.78, 5) is 37.1. The molecule has 1 fully saturated rings. The zero-order chi connectivity index (χ0) is 18.4. The van der Waals surface area contributed by atoms with E-state index in [9.17, 15) is 19.5 Å². The van der Waals surface area contributed by atoms with Gasteiger partial charge in [-0.05, 0) is 24.5 Å². The molecule has 1 saturated heterocycles. The number of nitrogens with zero attached hydrogens (tertiary/aromatic N) is 1. The van der Waals surface area contributed by atoms with Crippen LogP contribution < -0.4 is 10.1 Å². The van der Waals surface area contributed by atoms with E-state index in [1.807, 2.05) is 19.9 Å². The largest absolute Gasteiger partial charge is 0.484 e. The Morgan fingerprint density at radius 1 is 1.28 bits per heavy atom. The summed E-state index contributed by atoms with van der Waals surface area (Å²) in [6.07, 6.45) is 0.427. The molecule has 136 valence electrons. The van der Waals surface area contributed by atoms with Crippen LogP contribution >= 0.6 is 0 Å². The van der Waals surface area contributed by atoms with Gasteiger partial charge in [0, 0.05) is 13.1 Å². The number of hydrogen-bond donors (Lipinski definition) is 2. The van der Waals surface area contributed by atoms with Crippen LogP contribution in [-0.4, -0.2) is 54.0 Å². The molecule has 1 aromatic carbocycles. The number of amides is 2. The van der Waals surface area contributed by atoms with Crippen LogP contribution in [0.4, 0.5) is 0 Å². The average Bonchev–Trinajstić information content (AvgIpc) is 3.06. The van der Waals surface area contributed by atoms with Gasteiger partial charge < -0.3 is 20.1 Å². The average molecular weight is 348 g/mol. The molecule has 0 saturated carbocycles. The van der Waals surface area contributed by atoms with Gasteiger partial charge in [-0.25, -0.2) is 0 Å². The number of para-hydroxylation sites is 1. The predicted molar refractivity (Wildman–Crippen MR) is 91.1 cm³/mol. The summed E-state index contributed by atoms with van der Waals surface area (Å²) in [5.74, 6) is -1.05. The minimum absolute atomic E-state index is 0.0725. The molecule has 1 aliphatic rings. The fourth-order valence-corrected chi connectivity index (χ4v) is 2.94. The van der Waals surface area contributed by atoms with Crippen molar-refractivity contribution >= 4 is 17.8 Å². The molecule has 1 aliphatic heterocycles. The summed E-state index contributed by atoms with van der Waals surface area (Å²) in [6, 6.07) is 8.91. The maximum absolute atomic E-state index is 12.2.